The maximum atomic E-state index is 12.3. The van der Waals surface area contributed by atoms with Crippen molar-refractivity contribution in [2.45, 2.75) is 6.85 Å². The molecule has 0 aliphatic carbocycles. The van der Waals surface area contributed by atoms with E-state index in [1.165, 1.54) is 19.2 Å². The van der Waals surface area contributed by atoms with Crippen molar-refractivity contribution < 1.29 is 13.6 Å². The second kappa shape index (κ2) is 5.36. The number of hydrogen-bond donors (Lipinski definition) is 1. The lowest BCUT2D eigenvalue weighted by molar-refractivity contribution is 0.102. The molecule has 0 radical (unpaired) electrons. The summed E-state index contributed by atoms with van der Waals surface area (Å²) in [5.41, 5.74) is 0.598. The minimum atomic E-state index is -2.43. The van der Waals surface area contributed by atoms with Crippen LogP contribution in [-0.4, -0.2) is 13.0 Å². The first-order valence-corrected chi connectivity index (χ1v) is 5.47. The lowest BCUT2D eigenvalue weighted by atomic mass is 10.1. The second-order valence-electron chi connectivity index (χ2n) is 3.70. The number of amides is 1. The zero-order chi connectivity index (χ0) is 15.5. The van der Waals surface area contributed by atoms with Crippen LogP contribution in [-0.2, 0) is 0 Å². The summed E-state index contributed by atoms with van der Waals surface area (Å²) >= 11 is 0. The van der Waals surface area contributed by atoms with Crippen LogP contribution in [0, 0.1) is 6.85 Å². The number of carbonyl (C=O) groups excluding carboxylic acids is 1. The van der Waals surface area contributed by atoms with Gasteiger partial charge < -0.3 is 10.1 Å². The number of benzene rings is 2. The van der Waals surface area contributed by atoms with Gasteiger partial charge in [0.2, 0.25) is 0 Å². The maximum Gasteiger partial charge on any atom is 0.256 e. The maximum absolute atomic E-state index is 12.3. The van der Waals surface area contributed by atoms with Crippen molar-refractivity contribution in [3.05, 3.63) is 59.7 Å². The van der Waals surface area contributed by atoms with Crippen molar-refractivity contribution in [3.8, 4) is 5.75 Å². The standard InChI is InChI=1S/C15H15NO2/c1-11-13(9-6-10-14(11)18-2)15(17)16-12-7-4-3-5-8-12/h3-10H,1-2H3,(H,16,17)/i1D3. The predicted octanol–water partition coefficient (Wildman–Crippen LogP) is 3.26. The minimum Gasteiger partial charge on any atom is -0.496 e. The fraction of sp³-hybridized carbons (Fsp3) is 0.133. The van der Waals surface area contributed by atoms with Gasteiger partial charge in [0.25, 0.3) is 5.91 Å². The van der Waals surface area contributed by atoms with E-state index < -0.39 is 12.8 Å². The molecule has 0 aliphatic heterocycles. The molecular weight excluding hydrogens is 226 g/mol. The van der Waals surface area contributed by atoms with E-state index >= 15 is 0 Å². The van der Waals surface area contributed by atoms with Crippen LogP contribution in [0.25, 0.3) is 0 Å². The largest absolute Gasteiger partial charge is 0.496 e. The predicted molar refractivity (Wildman–Crippen MR) is 72.1 cm³/mol. The summed E-state index contributed by atoms with van der Waals surface area (Å²) in [5, 5.41) is 2.68. The number of para-hydroxylation sites is 1. The summed E-state index contributed by atoms with van der Waals surface area (Å²) in [6.07, 6.45) is 0. The van der Waals surface area contributed by atoms with Crippen molar-refractivity contribution in [1.82, 2.24) is 0 Å². The van der Waals surface area contributed by atoms with E-state index in [4.69, 9.17) is 8.85 Å². The molecule has 1 N–H and O–H groups in total. The second-order valence-corrected chi connectivity index (χ2v) is 3.70. The third-order valence-electron chi connectivity index (χ3n) is 2.52. The van der Waals surface area contributed by atoms with Gasteiger partial charge in [0.05, 0.1) is 7.11 Å². The van der Waals surface area contributed by atoms with Gasteiger partial charge in [-0.1, -0.05) is 24.3 Å². The quantitative estimate of drug-likeness (QED) is 0.900. The summed E-state index contributed by atoms with van der Waals surface area (Å²) in [6, 6.07) is 13.4. The molecule has 0 heterocycles. The molecule has 0 aromatic heterocycles. The first kappa shape index (κ1) is 8.75. The van der Waals surface area contributed by atoms with Crippen molar-refractivity contribution in [2.24, 2.45) is 0 Å². The molecule has 2 rings (SSSR count). The third kappa shape index (κ3) is 2.51. The van der Waals surface area contributed by atoms with Crippen LogP contribution in [0.4, 0.5) is 5.69 Å². The highest BCUT2D eigenvalue weighted by Gasteiger charge is 2.11. The Morgan fingerprint density at radius 1 is 1.17 bits per heavy atom. The third-order valence-corrected chi connectivity index (χ3v) is 2.52. The Balaban J connectivity index is 2.42. The molecule has 0 unspecified atom stereocenters. The number of hydrogen-bond acceptors (Lipinski definition) is 2. The van der Waals surface area contributed by atoms with Gasteiger partial charge in [0, 0.05) is 20.9 Å². The summed E-state index contributed by atoms with van der Waals surface area (Å²) in [7, 11) is 1.38. The van der Waals surface area contributed by atoms with Gasteiger partial charge in [0.15, 0.2) is 0 Å². The van der Waals surface area contributed by atoms with Gasteiger partial charge in [-0.3, -0.25) is 4.79 Å². The molecule has 0 bridgehead atoms. The van der Waals surface area contributed by atoms with Crippen LogP contribution in [0.15, 0.2) is 48.5 Å². The van der Waals surface area contributed by atoms with Crippen LogP contribution in [0.1, 0.15) is 20.0 Å². The zero-order valence-corrected chi connectivity index (χ0v) is 9.94. The van der Waals surface area contributed by atoms with Gasteiger partial charge in [-0.15, -0.1) is 0 Å². The fourth-order valence-electron chi connectivity index (χ4n) is 1.61. The van der Waals surface area contributed by atoms with E-state index in [1.54, 1.807) is 30.3 Å². The topological polar surface area (TPSA) is 38.3 Å². The molecule has 0 spiro atoms. The van der Waals surface area contributed by atoms with Crippen molar-refractivity contribution in [2.75, 3.05) is 12.4 Å². The van der Waals surface area contributed by atoms with Gasteiger partial charge in [-0.2, -0.15) is 0 Å². The number of ether oxygens (including phenoxy) is 1. The molecule has 0 atom stereocenters. The first-order chi connectivity index (χ1) is 9.93. The molecule has 0 saturated heterocycles. The molecule has 2 aromatic carbocycles. The summed E-state index contributed by atoms with van der Waals surface area (Å²) in [4.78, 5) is 12.3. The Bertz CT molecular complexity index is 639. The van der Waals surface area contributed by atoms with Gasteiger partial charge in [-0.05, 0) is 31.1 Å². The lowest BCUT2D eigenvalue weighted by Gasteiger charge is -2.10. The van der Waals surface area contributed by atoms with Crippen LogP contribution in [0.2, 0.25) is 0 Å². The molecule has 0 saturated carbocycles. The van der Waals surface area contributed by atoms with Gasteiger partial charge >= 0.3 is 0 Å². The van der Waals surface area contributed by atoms with Crippen LogP contribution in [0.5, 0.6) is 5.75 Å². The van der Waals surface area contributed by atoms with Gasteiger partial charge in [0.1, 0.15) is 5.75 Å². The Morgan fingerprint density at radius 3 is 2.61 bits per heavy atom. The summed E-state index contributed by atoms with van der Waals surface area (Å²) < 4.78 is 27.9. The molecule has 3 heteroatoms. The number of anilines is 1. The average Bonchev–Trinajstić information content (AvgIpc) is 2.46. The Labute approximate surface area is 111 Å². The van der Waals surface area contributed by atoms with Crippen LogP contribution in [0.3, 0.4) is 0 Å². The van der Waals surface area contributed by atoms with Crippen LogP contribution >= 0.6 is 0 Å². The molecule has 3 nitrogen and oxygen atoms in total. The lowest BCUT2D eigenvalue weighted by Crippen LogP contribution is -2.13. The highest BCUT2D eigenvalue weighted by molar-refractivity contribution is 6.05. The zero-order valence-electron chi connectivity index (χ0n) is 12.9. The average molecular weight is 244 g/mol. The van der Waals surface area contributed by atoms with Crippen molar-refractivity contribution in [1.29, 1.82) is 0 Å². The molecule has 0 aliphatic rings. The van der Waals surface area contributed by atoms with Crippen molar-refractivity contribution >= 4 is 11.6 Å². The highest BCUT2D eigenvalue weighted by Crippen LogP contribution is 2.21. The normalized spacial score (nSPS) is 13.1. The monoisotopic (exact) mass is 244 g/mol. The highest BCUT2D eigenvalue weighted by atomic mass is 16.5. The SMILES string of the molecule is [2H]C([2H])([2H])c1c(OC)cccc1C(=O)Nc1ccccc1. The minimum absolute atomic E-state index is 0.0817. The molecular formula is C15H15NO2. The van der Waals surface area contributed by atoms with Crippen LogP contribution < -0.4 is 10.1 Å². The molecule has 1 amide bonds. The molecule has 2 aromatic rings. The van der Waals surface area contributed by atoms with E-state index in [0.717, 1.165) is 0 Å². The van der Waals surface area contributed by atoms with E-state index in [1.807, 2.05) is 6.07 Å². The summed E-state index contributed by atoms with van der Waals surface area (Å²) in [6.45, 7) is -2.43. The Morgan fingerprint density at radius 2 is 1.94 bits per heavy atom. The van der Waals surface area contributed by atoms with Gasteiger partial charge in [-0.25, -0.2) is 0 Å². The summed E-state index contributed by atoms with van der Waals surface area (Å²) in [5.74, 6) is -0.304. The van der Waals surface area contributed by atoms with E-state index in [-0.39, 0.29) is 16.9 Å². The molecule has 0 fully saturated rings. The molecule has 18 heavy (non-hydrogen) atoms. The Kier molecular flexibility index (Phi) is 2.61. The number of methoxy groups -OCH3 is 1. The van der Waals surface area contributed by atoms with E-state index in [2.05, 4.69) is 5.32 Å². The van der Waals surface area contributed by atoms with E-state index in [9.17, 15) is 4.79 Å². The smallest absolute Gasteiger partial charge is 0.256 e. The number of carbonyl (C=O) groups is 1. The molecule has 92 valence electrons. The van der Waals surface area contributed by atoms with Crippen molar-refractivity contribution in [3.63, 3.8) is 0 Å². The number of rotatable bonds is 3. The first-order valence-electron chi connectivity index (χ1n) is 6.97. The van der Waals surface area contributed by atoms with E-state index in [0.29, 0.717) is 5.69 Å². The number of nitrogens with one attached hydrogen (secondary N) is 1. The Hall–Kier alpha value is -2.29. The fourth-order valence-corrected chi connectivity index (χ4v) is 1.61.